The van der Waals surface area contributed by atoms with Gasteiger partial charge in [-0.3, -0.25) is 13.5 Å². The van der Waals surface area contributed by atoms with E-state index < -0.39 is 6.04 Å². The first kappa shape index (κ1) is 18.6. The topological polar surface area (TPSA) is 54.8 Å². The fourth-order valence-electron chi connectivity index (χ4n) is 3.59. The molecule has 1 unspecified atom stereocenters. The van der Waals surface area contributed by atoms with Gasteiger partial charge in [0.2, 0.25) is 5.91 Å². The zero-order chi connectivity index (χ0) is 19.7. The lowest BCUT2D eigenvalue weighted by Crippen LogP contribution is -2.50. The van der Waals surface area contributed by atoms with Crippen LogP contribution in [0.2, 0.25) is 0 Å². The van der Waals surface area contributed by atoms with Crippen molar-refractivity contribution in [3.63, 3.8) is 0 Å². The number of hydrogen-bond acceptors (Lipinski definition) is 5. The summed E-state index contributed by atoms with van der Waals surface area (Å²) in [6.07, 6.45) is 0. The number of fused-ring (bicyclic) bond motifs is 1. The van der Waals surface area contributed by atoms with E-state index in [0.29, 0.717) is 18.5 Å². The van der Waals surface area contributed by atoms with E-state index in [9.17, 15) is 9.59 Å². The van der Waals surface area contributed by atoms with E-state index in [1.54, 1.807) is 11.1 Å². The second kappa shape index (κ2) is 7.67. The molecule has 1 amide bonds. The third-order valence-corrected chi connectivity index (χ3v) is 6.48. The van der Waals surface area contributed by atoms with Crippen LogP contribution in [0.1, 0.15) is 13.0 Å². The summed E-state index contributed by atoms with van der Waals surface area (Å²) < 4.78 is 7.72. The van der Waals surface area contributed by atoms with Crippen molar-refractivity contribution in [3.8, 4) is 5.75 Å². The molecule has 0 saturated carbocycles. The number of hydrogen-bond donors (Lipinski definition) is 0. The lowest BCUT2D eigenvalue weighted by Gasteiger charge is -2.37. The van der Waals surface area contributed by atoms with Gasteiger partial charge in [-0.25, -0.2) is 0 Å². The number of piperazine rings is 1. The molecule has 1 fully saturated rings. The van der Waals surface area contributed by atoms with E-state index in [1.165, 1.54) is 11.5 Å². The number of amides is 1. The third-order valence-electron chi connectivity index (χ3n) is 5.25. The van der Waals surface area contributed by atoms with Crippen LogP contribution in [-0.4, -0.2) is 48.1 Å². The Morgan fingerprint density at radius 3 is 2.36 bits per heavy atom. The number of ether oxygens (including phenoxy) is 1. The van der Waals surface area contributed by atoms with Gasteiger partial charge < -0.3 is 14.5 Å². The smallest absolute Gasteiger partial charge is 0.269 e. The van der Waals surface area contributed by atoms with E-state index in [4.69, 9.17) is 4.74 Å². The Morgan fingerprint density at radius 2 is 1.71 bits per heavy atom. The average Bonchev–Trinajstić information content (AvgIpc) is 3.09. The van der Waals surface area contributed by atoms with E-state index in [-0.39, 0.29) is 11.5 Å². The van der Waals surface area contributed by atoms with Crippen molar-refractivity contribution in [2.75, 3.05) is 38.2 Å². The molecule has 0 aliphatic carbocycles. The number of nitrogens with zero attached hydrogens (tertiary/aromatic N) is 3. The zero-order valence-electron chi connectivity index (χ0n) is 16.0. The third kappa shape index (κ3) is 3.38. The molecule has 7 heteroatoms. The van der Waals surface area contributed by atoms with Gasteiger partial charge in [-0.05, 0) is 43.3 Å². The lowest BCUT2D eigenvalue weighted by atomic mass is 10.2. The summed E-state index contributed by atoms with van der Waals surface area (Å²) in [6, 6.07) is 15.0. The standard InChI is InChI=1S/C21H23N3O3S/c1-15(24-21(26)18-5-3-4-6-19(18)28-24)20(25)23-13-11-22(12-14-23)16-7-9-17(27-2)10-8-16/h3-10,15H,11-14H2,1-2H3. The maximum Gasteiger partial charge on any atom is 0.269 e. The molecule has 28 heavy (non-hydrogen) atoms. The largest absolute Gasteiger partial charge is 0.497 e. The number of aromatic nitrogens is 1. The average molecular weight is 398 g/mol. The molecular weight excluding hydrogens is 374 g/mol. The maximum atomic E-state index is 13.0. The molecule has 0 bridgehead atoms. The Kier molecular flexibility index (Phi) is 5.09. The minimum atomic E-state index is -0.488. The van der Waals surface area contributed by atoms with Crippen molar-refractivity contribution in [2.24, 2.45) is 0 Å². The van der Waals surface area contributed by atoms with Gasteiger partial charge in [0.25, 0.3) is 5.56 Å². The summed E-state index contributed by atoms with van der Waals surface area (Å²) in [5.74, 6) is 0.836. The van der Waals surface area contributed by atoms with Gasteiger partial charge in [-0.15, -0.1) is 0 Å². The number of anilines is 1. The molecule has 1 aliphatic rings. The molecule has 1 atom stereocenters. The summed E-state index contributed by atoms with van der Waals surface area (Å²) in [7, 11) is 1.66. The van der Waals surface area contributed by atoms with Crippen LogP contribution in [0, 0.1) is 0 Å². The first-order valence-electron chi connectivity index (χ1n) is 9.37. The van der Waals surface area contributed by atoms with Gasteiger partial charge in [0, 0.05) is 31.9 Å². The van der Waals surface area contributed by atoms with Crippen LogP contribution in [-0.2, 0) is 4.79 Å². The van der Waals surface area contributed by atoms with Gasteiger partial charge in [-0.1, -0.05) is 23.7 Å². The minimum absolute atomic E-state index is 0.00281. The van der Waals surface area contributed by atoms with Gasteiger partial charge in [0.05, 0.1) is 17.2 Å². The number of methoxy groups -OCH3 is 1. The molecule has 1 aromatic heterocycles. The van der Waals surface area contributed by atoms with Crippen molar-refractivity contribution in [2.45, 2.75) is 13.0 Å². The molecule has 2 aromatic carbocycles. The van der Waals surface area contributed by atoms with Crippen molar-refractivity contribution in [1.82, 2.24) is 8.86 Å². The summed E-state index contributed by atoms with van der Waals surface area (Å²) >= 11 is 1.36. The number of carbonyl (C=O) groups is 1. The van der Waals surface area contributed by atoms with E-state index in [1.807, 2.05) is 60.4 Å². The minimum Gasteiger partial charge on any atom is -0.497 e. The molecule has 4 rings (SSSR count). The molecule has 1 saturated heterocycles. The fraction of sp³-hybridized carbons (Fsp3) is 0.333. The van der Waals surface area contributed by atoms with Crippen LogP contribution >= 0.6 is 11.5 Å². The van der Waals surface area contributed by atoms with Crippen molar-refractivity contribution >= 4 is 33.2 Å². The molecule has 1 aliphatic heterocycles. The highest BCUT2D eigenvalue weighted by atomic mass is 32.1. The van der Waals surface area contributed by atoms with Crippen LogP contribution in [0.3, 0.4) is 0 Å². The lowest BCUT2D eigenvalue weighted by molar-refractivity contribution is -0.134. The van der Waals surface area contributed by atoms with E-state index >= 15 is 0 Å². The highest BCUT2D eigenvalue weighted by Crippen LogP contribution is 2.23. The van der Waals surface area contributed by atoms with Crippen LogP contribution < -0.4 is 15.2 Å². The first-order chi connectivity index (χ1) is 13.6. The monoisotopic (exact) mass is 397 g/mol. The number of carbonyl (C=O) groups excluding carboxylic acids is 1. The normalized spacial score (nSPS) is 15.6. The highest BCUT2D eigenvalue weighted by molar-refractivity contribution is 7.14. The molecule has 0 radical (unpaired) electrons. The molecule has 0 spiro atoms. The quantitative estimate of drug-likeness (QED) is 0.679. The Morgan fingerprint density at radius 1 is 1.04 bits per heavy atom. The summed E-state index contributed by atoms with van der Waals surface area (Å²) in [5, 5.41) is 0.677. The van der Waals surface area contributed by atoms with E-state index in [0.717, 1.165) is 29.2 Å². The molecular formula is C21H23N3O3S. The predicted molar refractivity (Wildman–Crippen MR) is 113 cm³/mol. The Hall–Kier alpha value is -2.80. The van der Waals surface area contributed by atoms with E-state index in [2.05, 4.69) is 4.90 Å². The Labute approximate surface area is 167 Å². The van der Waals surface area contributed by atoms with Gasteiger partial charge in [0.1, 0.15) is 11.8 Å². The highest BCUT2D eigenvalue weighted by Gasteiger charge is 2.27. The van der Waals surface area contributed by atoms with Gasteiger partial charge in [-0.2, -0.15) is 0 Å². The Balaban J connectivity index is 1.44. The molecule has 0 N–H and O–H groups in total. The second-order valence-electron chi connectivity index (χ2n) is 6.90. The maximum absolute atomic E-state index is 13.0. The zero-order valence-corrected chi connectivity index (χ0v) is 16.8. The molecule has 3 aromatic rings. The van der Waals surface area contributed by atoms with Crippen molar-refractivity contribution < 1.29 is 9.53 Å². The van der Waals surface area contributed by atoms with Crippen molar-refractivity contribution in [3.05, 3.63) is 58.9 Å². The first-order valence-corrected chi connectivity index (χ1v) is 10.1. The van der Waals surface area contributed by atoms with Crippen LogP contribution in [0.15, 0.2) is 53.3 Å². The van der Waals surface area contributed by atoms with Crippen LogP contribution in [0.4, 0.5) is 5.69 Å². The summed E-state index contributed by atoms with van der Waals surface area (Å²) in [6.45, 7) is 4.65. The van der Waals surface area contributed by atoms with Crippen molar-refractivity contribution in [1.29, 1.82) is 0 Å². The van der Waals surface area contributed by atoms with Crippen LogP contribution in [0.25, 0.3) is 10.1 Å². The predicted octanol–water partition coefficient (Wildman–Crippen LogP) is 2.98. The summed E-state index contributed by atoms with van der Waals surface area (Å²) in [4.78, 5) is 29.7. The molecule has 146 valence electrons. The van der Waals surface area contributed by atoms with Gasteiger partial charge >= 0.3 is 0 Å². The number of benzene rings is 2. The second-order valence-corrected chi connectivity index (χ2v) is 7.92. The fourth-order valence-corrected chi connectivity index (χ4v) is 4.62. The number of rotatable bonds is 4. The SMILES string of the molecule is COc1ccc(N2CCN(C(=O)C(C)n3sc4ccccc4c3=O)CC2)cc1. The molecule has 6 nitrogen and oxygen atoms in total. The summed E-state index contributed by atoms with van der Waals surface area (Å²) in [5.41, 5.74) is 1.04. The van der Waals surface area contributed by atoms with Crippen LogP contribution in [0.5, 0.6) is 5.75 Å². The Bertz CT molecular complexity index is 1030. The molecule has 2 heterocycles. The van der Waals surface area contributed by atoms with Gasteiger partial charge in [0.15, 0.2) is 0 Å².